The van der Waals surface area contributed by atoms with Gasteiger partial charge in [0.05, 0.1) is 17.8 Å². The largest absolute Gasteiger partial charge is 0.493 e. The summed E-state index contributed by atoms with van der Waals surface area (Å²) in [6.45, 7) is 2.92. The zero-order valence-electron chi connectivity index (χ0n) is 8.47. The maximum Gasteiger partial charge on any atom is 0.160 e. The number of hydrogen-bond donors (Lipinski definition) is 0. The van der Waals surface area contributed by atoms with E-state index in [4.69, 9.17) is 27.9 Å². The van der Waals surface area contributed by atoms with Crippen LogP contribution in [0.4, 0.5) is 5.69 Å². The Hall–Kier alpha value is -0.600. The van der Waals surface area contributed by atoms with Crippen LogP contribution < -0.4 is 9.64 Å². The molecule has 0 radical (unpaired) electrons. The molecule has 2 nitrogen and oxygen atoms in total. The van der Waals surface area contributed by atoms with Crippen LogP contribution in [-0.4, -0.2) is 20.7 Å². The van der Waals surface area contributed by atoms with Crippen LogP contribution in [-0.2, 0) is 0 Å². The van der Waals surface area contributed by atoms with Crippen molar-refractivity contribution >= 4 is 28.9 Å². The van der Waals surface area contributed by atoms with Crippen LogP contribution in [0, 0.1) is 0 Å². The zero-order valence-corrected chi connectivity index (χ0v) is 9.99. The van der Waals surface area contributed by atoms with Gasteiger partial charge in [0.1, 0.15) is 0 Å². The van der Waals surface area contributed by atoms with Crippen LogP contribution >= 0.6 is 23.2 Å². The molecule has 78 valence electrons. The molecule has 0 amide bonds. The van der Waals surface area contributed by atoms with Crippen molar-refractivity contribution in [3.05, 3.63) is 22.2 Å². The minimum absolute atomic E-state index is 0.537. The maximum atomic E-state index is 6.00. The Morgan fingerprint density at radius 1 is 1.36 bits per heavy atom. The highest BCUT2D eigenvalue weighted by Crippen LogP contribution is 2.37. The highest BCUT2D eigenvalue weighted by molar-refractivity contribution is 6.36. The Bertz CT molecular complexity index is 328. The second-order valence-corrected chi connectivity index (χ2v) is 3.80. The molecule has 0 heterocycles. The summed E-state index contributed by atoms with van der Waals surface area (Å²) in [6, 6.07) is 3.52. The molecule has 0 fully saturated rings. The molecule has 0 aliphatic carbocycles. The molecule has 0 saturated heterocycles. The summed E-state index contributed by atoms with van der Waals surface area (Å²) < 4.78 is 5.22. The fourth-order valence-electron chi connectivity index (χ4n) is 1.20. The second-order valence-electron chi connectivity index (χ2n) is 2.95. The van der Waals surface area contributed by atoms with E-state index >= 15 is 0 Å². The molecule has 0 saturated carbocycles. The first-order valence-corrected chi connectivity index (χ1v) is 5.10. The molecule has 0 aliphatic heterocycles. The fraction of sp³-hybridized carbons (Fsp3) is 0.400. The van der Waals surface area contributed by atoms with Gasteiger partial charge >= 0.3 is 0 Å². The molecule has 14 heavy (non-hydrogen) atoms. The SMILES string of the molecule is CCN(C)c1cc(Cl)cc(Cl)c1OC. The van der Waals surface area contributed by atoms with Crippen LogP contribution in [0.15, 0.2) is 12.1 Å². The Morgan fingerprint density at radius 3 is 2.50 bits per heavy atom. The first-order valence-electron chi connectivity index (χ1n) is 4.34. The molecule has 1 aromatic rings. The van der Waals surface area contributed by atoms with Gasteiger partial charge in [-0.2, -0.15) is 0 Å². The van der Waals surface area contributed by atoms with E-state index in [0.29, 0.717) is 15.8 Å². The van der Waals surface area contributed by atoms with E-state index in [1.807, 2.05) is 24.9 Å². The monoisotopic (exact) mass is 233 g/mol. The number of ether oxygens (including phenoxy) is 1. The summed E-state index contributed by atoms with van der Waals surface area (Å²) in [4.78, 5) is 2.02. The van der Waals surface area contributed by atoms with Gasteiger partial charge in [0.2, 0.25) is 0 Å². The lowest BCUT2D eigenvalue weighted by molar-refractivity contribution is 0.415. The molecule has 0 aliphatic rings. The molecule has 0 N–H and O–H groups in total. The van der Waals surface area contributed by atoms with Crippen LogP contribution in [0.25, 0.3) is 0 Å². The summed E-state index contributed by atoms with van der Waals surface area (Å²) in [6.07, 6.45) is 0. The van der Waals surface area contributed by atoms with Crippen molar-refractivity contribution in [3.63, 3.8) is 0 Å². The lowest BCUT2D eigenvalue weighted by Gasteiger charge is -2.20. The van der Waals surface area contributed by atoms with E-state index in [-0.39, 0.29) is 0 Å². The Morgan fingerprint density at radius 2 is 2.00 bits per heavy atom. The van der Waals surface area contributed by atoms with Gasteiger partial charge in [-0.3, -0.25) is 0 Å². The lowest BCUT2D eigenvalue weighted by atomic mass is 10.2. The van der Waals surface area contributed by atoms with Crippen LogP contribution in [0.3, 0.4) is 0 Å². The van der Waals surface area contributed by atoms with Crippen LogP contribution in [0.5, 0.6) is 5.75 Å². The van der Waals surface area contributed by atoms with Gasteiger partial charge < -0.3 is 9.64 Å². The van der Waals surface area contributed by atoms with E-state index in [0.717, 1.165) is 12.2 Å². The fourth-order valence-corrected chi connectivity index (χ4v) is 1.76. The van der Waals surface area contributed by atoms with Crippen molar-refractivity contribution in [1.82, 2.24) is 0 Å². The molecule has 0 aromatic heterocycles. The number of methoxy groups -OCH3 is 1. The smallest absolute Gasteiger partial charge is 0.160 e. The number of benzene rings is 1. The van der Waals surface area contributed by atoms with Crippen molar-refractivity contribution in [1.29, 1.82) is 0 Å². The Balaban J connectivity index is 3.24. The first kappa shape index (κ1) is 11.5. The predicted octanol–water partition coefficient (Wildman–Crippen LogP) is 3.46. The van der Waals surface area contributed by atoms with Crippen molar-refractivity contribution in [2.75, 3.05) is 25.6 Å². The van der Waals surface area contributed by atoms with Gasteiger partial charge in [0.15, 0.2) is 5.75 Å². The topological polar surface area (TPSA) is 12.5 Å². The van der Waals surface area contributed by atoms with Gasteiger partial charge in [0, 0.05) is 18.6 Å². The lowest BCUT2D eigenvalue weighted by Crippen LogP contribution is -2.16. The normalized spacial score (nSPS) is 10.1. The molecule has 1 aromatic carbocycles. The number of nitrogens with zero attached hydrogens (tertiary/aromatic N) is 1. The third-order valence-corrected chi connectivity index (χ3v) is 2.58. The highest BCUT2D eigenvalue weighted by atomic mass is 35.5. The molecule has 0 unspecified atom stereocenters. The summed E-state index contributed by atoms with van der Waals surface area (Å²) in [5.74, 6) is 0.667. The van der Waals surface area contributed by atoms with E-state index in [1.54, 1.807) is 13.2 Å². The molecule has 0 bridgehead atoms. The number of rotatable bonds is 3. The Labute approximate surface area is 94.4 Å². The summed E-state index contributed by atoms with van der Waals surface area (Å²) in [5.41, 5.74) is 0.910. The maximum absolute atomic E-state index is 6.00. The average Bonchev–Trinajstić information content (AvgIpc) is 2.15. The molecule has 0 atom stereocenters. The summed E-state index contributed by atoms with van der Waals surface area (Å²) in [5, 5.41) is 1.15. The van der Waals surface area contributed by atoms with E-state index in [1.165, 1.54) is 0 Å². The molecular weight excluding hydrogens is 221 g/mol. The number of hydrogen-bond acceptors (Lipinski definition) is 2. The third-order valence-electron chi connectivity index (χ3n) is 2.08. The zero-order chi connectivity index (χ0) is 10.7. The second kappa shape index (κ2) is 4.76. The van der Waals surface area contributed by atoms with Crippen molar-refractivity contribution in [2.24, 2.45) is 0 Å². The highest BCUT2D eigenvalue weighted by Gasteiger charge is 2.12. The molecule has 4 heteroatoms. The van der Waals surface area contributed by atoms with Gasteiger partial charge in [-0.25, -0.2) is 0 Å². The van der Waals surface area contributed by atoms with E-state index in [9.17, 15) is 0 Å². The van der Waals surface area contributed by atoms with Gasteiger partial charge in [0.25, 0.3) is 0 Å². The number of anilines is 1. The molecule has 1 rings (SSSR count). The minimum Gasteiger partial charge on any atom is -0.493 e. The summed E-state index contributed by atoms with van der Waals surface area (Å²) >= 11 is 11.9. The van der Waals surface area contributed by atoms with Crippen molar-refractivity contribution in [2.45, 2.75) is 6.92 Å². The standard InChI is InChI=1S/C10H13Cl2NO/c1-4-13(2)9-6-7(11)5-8(12)10(9)14-3/h5-6H,4H2,1-3H3. The first-order chi connectivity index (χ1) is 6.60. The number of halogens is 2. The molecule has 0 spiro atoms. The minimum atomic E-state index is 0.537. The van der Waals surface area contributed by atoms with Crippen LogP contribution in [0.2, 0.25) is 10.0 Å². The summed E-state index contributed by atoms with van der Waals surface area (Å²) in [7, 11) is 3.56. The van der Waals surface area contributed by atoms with Gasteiger partial charge in [-0.05, 0) is 19.1 Å². The predicted molar refractivity (Wildman–Crippen MR) is 62.0 cm³/mol. The molecular formula is C10H13Cl2NO. The van der Waals surface area contributed by atoms with Gasteiger partial charge in [-0.15, -0.1) is 0 Å². The van der Waals surface area contributed by atoms with Crippen molar-refractivity contribution < 1.29 is 4.74 Å². The van der Waals surface area contributed by atoms with E-state index < -0.39 is 0 Å². The quantitative estimate of drug-likeness (QED) is 0.794. The van der Waals surface area contributed by atoms with Gasteiger partial charge in [-0.1, -0.05) is 23.2 Å². The van der Waals surface area contributed by atoms with Crippen LogP contribution in [0.1, 0.15) is 6.92 Å². The van der Waals surface area contributed by atoms with Crippen molar-refractivity contribution in [3.8, 4) is 5.75 Å². The Kier molecular flexibility index (Phi) is 3.90. The average molecular weight is 234 g/mol. The third kappa shape index (κ3) is 2.25. The van der Waals surface area contributed by atoms with E-state index in [2.05, 4.69) is 0 Å².